The molecular weight excluding hydrogens is 350 g/mol. The molecule has 0 N–H and O–H groups in total. The second-order valence-electron chi connectivity index (χ2n) is 5.77. The lowest BCUT2D eigenvalue weighted by molar-refractivity contribution is -0.0144. The number of hydrogen-bond donors (Lipinski definition) is 0. The first kappa shape index (κ1) is 22.3. The Morgan fingerprint density at radius 3 is 1.65 bits per heavy atom. The summed E-state index contributed by atoms with van der Waals surface area (Å²) < 4.78 is 17.7. The fourth-order valence-corrected chi connectivity index (χ4v) is 2.44. The van der Waals surface area contributed by atoms with Crippen molar-refractivity contribution in [3.63, 3.8) is 0 Å². The Kier molecular flexibility index (Phi) is 11.5. The van der Waals surface area contributed by atoms with Crippen LogP contribution in [0.4, 0.5) is 0 Å². The molecule has 0 saturated heterocycles. The predicted molar refractivity (Wildman–Crippen MR) is 109 cm³/mol. The summed E-state index contributed by atoms with van der Waals surface area (Å²) in [6.07, 6.45) is -0.115. The molecule has 2 aromatic rings. The lowest BCUT2D eigenvalue weighted by Crippen LogP contribution is -2.33. The normalized spacial score (nSPS) is 10.6. The molecule has 0 radical (unpaired) electrons. The van der Waals surface area contributed by atoms with Crippen LogP contribution in [-0.4, -0.2) is 50.5 Å². The molecule has 0 aliphatic carbocycles. The number of rotatable bonds is 12. The van der Waals surface area contributed by atoms with E-state index in [1.54, 1.807) is 0 Å². The lowest BCUT2D eigenvalue weighted by atomic mass is 10.3. The van der Waals surface area contributed by atoms with Crippen molar-refractivity contribution < 1.29 is 14.2 Å². The van der Waals surface area contributed by atoms with E-state index < -0.39 is 0 Å². The van der Waals surface area contributed by atoms with E-state index in [0.29, 0.717) is 19.8 Å². The van der Waals surface area contributed by atoms with Gasteiger partial charge in [0.2, 0.25) is 0 Å². The number of likely N-dealkylation sites (N-methyl/N-ethyl adjacent to an activating group) is 1. The number of para-hydroxylation sites is 2. The third-order valence-electron chi connectivity index (χ3n) is 4.01. The Hall–Kier alpha value is -1.75. The van der Waals surface area contributed by atoms with Crippen LogP contribution in [0, 0.1) is 0 Å². The summed E-state index contributed by atoms with van der Waals surface area (Å²) >= 11 is 0. The van der Waals surface area contributed by atoms with E-state index in [0.717, 1.165) is 31.1 Å². The lowest BCUT2D eigenvalue weighted by Gasteiger charge is -2.22. The van der Waals surface area contributed by atoms with Crippen molar-refractivity contribution in [3.8, 4) is 11.5 Å². The van der Waals surface area contributed by atoms with Crippen LogP contribution in [0.1, 0.15) is 13.8 Å². The van der Waals surface area contributed by atoms with E-state index in [9.17, 15) is 0 Å². The second kappa shape index (κ2) is 13.5. The molecule has 0 spiro atoms. The highest BCUT2D eigenvalue weighted by Crippen LogP contribution is 2.12. The van der Waals surface area contributed by atoms with Gasteiger partial charge >= 0.3 is 0 Å². The highest BCUT2D eigenvalue weighted by atomic mass is 35.5. The molecule has 0 unspecified atom stereocenters. The molecule has 0 amide bonds. The van der Waals surface area contributed by atoms with Gasteiger partial charge in [0.05, 0.1) is 6.61 Å². The first-order chi connectivity index (χ1) is 12.3. The summed E-state index contributed by atoms with van der Waals surface area (Å²) in [5, 5.41) is 0. The van der Waals surface area contributed by atoms with Gasteiger partial charge in [0.15, 0.2) is 0 Å². The van der Waals surface area contributed by atoms with Crippen LogP contribution >= 0.6 is 12.4 Å². The molecule has 0 atom stereocenters. The number of hydrogen-bond acceptors (Lipinski definition) is 4. The van der Waals surface area contributed by atoms with E-state index in [1.807, 2.05) is 60.7 Å². The maximum absolute atomic E-state index is 6.03. The Morgan fingerprint density at radius 1 is 0.769 bits per heavy atom. The number of ether oxygens (including phenoxy) is 3. The minimum Gasteiger partial charge on any atom is -0.491 e. The average molecular weight is 380 g/mol. The van der Waals surface area contributed by atoms with Crippen LogP contribution < -0.4 is 9.47 Å². The molecule has 0 aromatic heterocycles. The molecule has 0 heterocycles. The first-order valence-corrected chi connectivity index (χ1v) is 9.01. The van der Waals surface area contributed by atoms with Gasteiger partial charge in [-0.15, -0.1) is 12.4 Å². The molecule has 0 saturated carbocycles. The van der Waals surface area contributed by atoms with Gasteiger partial charge in [-0.05, 0) is 37.4 Å². The second-order valence-corrected chi connectivity index (χ2v) is 5.77. The fourth-order valence-electron chi connectivity index (χ4n) is 2.44. The molecule has 0 aliphatic rings. The topological polar surface area (TPSA) is 30.9 Å². The van der Waals surface area contributed by atoms with Crippen molar-refractivity contribution in [3.05, 3.63) is 60.7 Å². The SMILES string of the molecule is CCN(CC)CCOC(COc1ccccc1)COc1ccccc1.Cl. The van der Waals surface area contributed by atoms with Crippen molar-refractivity contribution in [1.82, 2.24) is 4.90 Å². The van der Waals surface area contributed by atoms with Crippen LogP contribution in [0.5, 0.6) is 11.5 Å². The van der Waals surface area contributed by atoms with Gasteiger partial charge < -0.3 is 19.1 Å². The Bertz CT molecular complexity index is 520. The summed E-state index contributed by atoms with van der Waals surface area (Å²) in [5.41, 5.74) is 0. The highest BCUT2D eigenvalue weighted by molar-refractivity contribution is 5.85. The Morgan fingerprint density at radius 2 is 1.23 bits per heavy atom. The molecule has 5 heteroatoms. The Balaban J connectivity index is 0.00000338. The number of halogens is 1. The molecule has 4 nitrogen and oxygen atoms in total. The molecule has 0 bridgehead atoms. The number of nitrogens with zero attached hydrogens (tertiary/aromatic N) is 1. The van der Waals surface area contributed by atoms with Crippen molar-refractivity contribution in [2.75, 3.05) is 39.5 Å². The van der Waals surface area contributed by atoms with Gasteiger partial charge in [0, 0.05) is 6.54 Å². The summed E-state index contributed by atoms with van der Waals surface area (Å²) in [7, 11) is 0. The average Bonchev–Trinajstić information content (AvgIpc) is 2.68. The number of benzene rings is 2. The van der Waals surface area contributed by atoms with Gasteiger partial charge in [0.1, 0.15) is 30.8 Å². The van der Waals surface area contributed by atoms with E-state index in [1.165, 1.54) is 0 Å². The minimum atomic E-state index is -0.115. The van der Waals surface area contributed by atoms with Crippen LogP contribution in [0.15, 0.2) is 60.7 Å². The predicted octanol–water partition coefficient (Wildman–Crippen LogP) is 4.29. The van der Waals surface area contributed by atoms with E-state index >= 15 is 0 Å². The molecule has 2 aromatic carbocycles. The zero-order valence-corrected chi connectivity index (χ0v) is 16.5. The monoisotopic (exact) mass is 379 g/mol. The van der Waals surface area contributed by atoms with Crippen molar-refractivity contribution in [2.45, 2.75) is 20.0 Å². The van der Waals surface area contributed by atoms with Crippen LogP contribution in [0.2, 0.25) is 0 Å². The third-order valence-corrected chi connectivity index (χ3v) is 4.01. The molecular formula is C21H30ClNO3. The summed E-state index contributed by atoms with van der Waals surface area (Å²) in [4.78, 5) is 2.34. The maximum atomic E-state index is 6.03. The minimum absolute atomic E-state index is 0. The Labute approximate surface area is 163 Å². The fraction of sp³-hybridized carbons (Fsp3) is 0.429. The van der Waals surface area contributed by atoms with Gasteiger partial charge in [0.25, 0.3) is 0 Å². The van der Waals surface area contributed by atoms with E-state index in [4.69, 9.17) is 14.2 Å². The summed E-state index contributed by atoms with van der Waals surface area (Å²) in [5.74, 6) is 1.69. The maximum Gasteiger partial charge on any atom is 0.125 e. The van der Waals surface area contributed by atoms with Gasteiger partial charge in [-0.25, -0.2) is 0 Å². The van der Waals surface area contributed by atoms with Crippen molar-refractivity contribution >= 4 is 12.4 Å². The summed E-state index contributed by atoms with van der Waals surface area (Å²) in [6, 6.07) is 19.6. The summed E-state index contributed by atoms with van der Waals surface area (Å²) in [6.45, 7) is 8.92. The van der Waals surface area contributed by atoms with Crippen LogP contribution in [-0.2, 0) is 4.74 Å². The first-order valence-electron chi connectivity index (χ1n) is 9.01. The van der Waals surface area contributed by atoms with E-state index in [-0.39, 0.29) is 18.5 Å². The van der Waals surface area contributed by atoms with E-state index in [2.05, 4.69) is 18.7 Å². The molecule has 144 valence electrons. The van der Waals surface area contributed by atoms with Crippen molar-refractivity contribution in [1.29, 1.82) is 0 Å². The van der Waals surface area contributed by atoms with Crippen molar-refractivity contribution in [2.24, 2.45) is 0 Å². The molecule has 26 heavy (non-hydrogen) atoms. The van der Waals surface area contributed by atoms with Gasteiger partial charge in [-0.1, -0.05) is 50.2 Å². The zero-order chi connectivity index (χ0) is 17.7. The van der Waals surface area contributed by atoms with Gasteiger partial charge in [-0.3, -0.25) is 0 Å². The molecule has 0 aliphatic heterocycles. The van der Waals surface area contributed by atoms with Gasteiger partial charge in [-0.2, -0.15) is 0 Å². The standard InChI is InChI=1S/C21H29NO3.ClH/c1-3-22(4-2)15-16-23-21(17-24-19-11-7-5-8-12-19)18-25-20-13-9-6-10-14-20;/h5-14,21H,3-4,15-18H2,1-2H3;1H. The van der Waals surface area contributed by atoms with Crippen LogP contribution in [0.3, 0.4) is 0 Å². The molecule has 0 fully saturated rings. The largest absolute Gasteiger partial charge is 0.491 e. The third kappa shape index (κ3) is 8.56. The molecule has 2 rings (SSSR count). The zero-order valence-electron chi connectivity index (χ0n) is 15.7. The smallest absolute Gasteiger partial charge is 0.125 e. The van der Waals surface area contributed by atoms with Crippen LogP contribution in [0.25, 0.3) is 0 Å². The highest BCUT2D eigenvalue weighted by Gasteiger charge is 2.12. The quantitative estimate of drug-likeness (QED) is 0.550.